The largest absolute Gasteiger partial charge is 0.494 e. The molecule has 3 N–H and O–H groups in total. The van der Waals surface area contributed by atoms with Crippen LogP contribution in [0, 0.1) is 5.82 Å². The zero-order valence-corrected chi connectivity index (χ0v) is 12.5. The molecule has 1 atom stereocenters. The predicted molar refractivity (Wildman–Crippen MR) is 82.8 cm³/mol. The van der Waals surface area contributed by atoms with Crippen molar-refractivity contribution in [3.63, 3.8) is 0 Å². The number of ether oxygens (including phenoxy) is 1. The summed E-state index contributed by atoms with van der Waals surface area (Å²) >= 11 is 6.01. The van der Waals surface area contributed by atoms with Crippen LogP contribution in [-0.2, 0) is 6.42 Å². The van der Waals surface area contributed by atoms with Crippen LogP contribution in [0.3, 0.4) is 0 Å². The second kappa shape index (κ2) is 7.41. The first-order valence-corrected chi connectivity index (χ1v) is 7.16. The summed E-state index contributed by atoms with van der Waals surface area (Å²) in [4.78, 5) is 0. The average Bonchev–Trinajstić information content (AvgIpc) is 2.50. The normalized spacial score (nSPS) is 12.2. The zero-order valence-electron chi connectivity index (χ0n) is 11.8. The van der Waals surface area contributed by atoms with Gasteiger partial charge in [-0.2, -0.15) is 0 Å². The monoisotopic (exact) mass is 308 g/mol. The Hall–Kier alpha value is -1.62. The molecule has 0 saturated carbocycles. The van der Waals surface area contributed by atoms with Crippen LogP contribution < -0.4 is 16.0 Å². The number of benzene rings is 2. The molecule has 2 aromatic rings. The van der Waals surface area contributed by atoms with Crippen LogP contribution in [0.4, 0.5) is 4.39 Å². The highest BCUT2D eigenvalue weighted by Crippen LogP contribution is 2.30. The Morgan fingerprint density at radius 1 is 1.24 bits per heavy atom. The average molecular weight is 309 g/mol. The molecule has 0 saturated heterocycles. The lowest BCUT2D eigenvalue weighted by Gasteiger charge is -2.20. The third-order valence-corrected chi connectivity index (χ3v) is 3.67. The minimum absolute atomic E-state index is 0.131. The van der Waals surface area contributed by atoms with Crippen molar-refractivity contribution in [3.05, 3.63) is 64.4 Å². The molecule has 2 rings (SSSR count). The van der Waals surface area contributed by atoms with Gasteiger partial charge < -0.3 is 4.74 Å². The Bertz CT molecular complexity index is 607. The first-order chi connectivity index (χ1) is 10.2. The molecular formula is C16H18ClFN2O. The van der Waals surface area contributed by atoms with Crippen molar-refractivity contribution in [1.82, 2.24) is 5.43 Å². The van der Waals surface area contributed by atoms with E-state index in [0.717, 1.165) is 11.3 Å². The standard InChI is InChI=1S/C16H18ClFN2O/c1-2-21-15-9-4-3-7-12(15)14(20-19)10-11-6-5-8-13(18)16(11)17/h3-9,14,20H,2,10,19H2,1H3. The Morgan fingerprint density at radius 2 is 2.00 bits per heavy atom. The summed E-state index contributed by atoms with van der Waals surface area (Å²) in [5.41, 5.74) is 4.37. The van der Waals surface area contributed by atoms with E-state index in [0.29, 0.717) is 18.6 Å². The van der Waals surface area contributed by atoms with Gasteiger partial charge in [0.05, 0.1) is 17.7 Å². The summed E-state index contributed by atoms with van der Waals surface area (Å²) in [5, 5.41) is 0.131. The predicted octanol–water partition coefficient (Wildman–Crippen LogP) is 3.62. The summed E-state index contributed by atoms with van der Waals surface area (Å²) < 4.78 is 19.1. The molecule has 3 nitrogen and oxygen atoms in total. The topological polar surface area (TPSA) is 47.3 Å². The molecule has 0 fully saturated rings. The first-order valence-electron chi connectivity index (χ1n) is 6.78. The van der Waals surface area contributed by atoms with E-state index in [4.69, 9.17) is 22.2 Å². The molecule has 0 heterocycles. The Morgan fingerprint density at radius 3 is 2.71 bits per heavy atom. The van der Waals surface area contributed by atoms with E-state index < -0.39 is 5.82 Å². The maximum absolute atomic E-state index is 13.5. The fraction of sp³-hybridized carbons (Fsp3) is 0.250. The van der Waals surface area contributed by atoms with Crippen molar-refractivity contribution >= 4 is 11.6 Å². The van der Waals surface area contributed by atoms with E-state index in [-0.39, 0.29) is 11.1 Å². The molecule has 1 unspecified atom stereocenters. The van der Waals surface area contributed by atoms with Gasteiger partial charge in [-0.3, -0.25) is 11.3 Å². The SMILES string of the molecule is CCOc1ccccc1C(Cc1cccc(F)c1Cl)NN. The van der Waals surface area contributed by atoms with Crippen molar-refractivity contribution in [2.45, 2.75) is 19.4 Å². The van der Waals surface area contributed by atoms with Gasteiger partial charge in [0.1, 0.15) is 11.6 Å². The number of hydrazine groups is 1. The maximum Gasteiger partial charge on any atom is 0.142 e. The van der Waals surface area contributed by atoms with Gasteiger partial charge in [-0.1, -0.05) is 41.9 Å². The number of para-hydroxylation sites is 1. The van der Waals surface area contributed by atoms with Crippen molar-refractivity contribution in [1.29, 1.82) is 0 Å². The molecule has 0 aliphatic rings. The zero-order chi connectivity index (χ0) is 15.2. The molecule has 0 amide bonds. The summed E-state index contributed by atoms with van der Waals surface area (Å²) in [6, 6.07) is 12.2. The summed E-state index contributed by atoms with van der Waals surface area (Å²) in [5.74, 6) is 6.00. The molecule has 0 bridgehead atoms. The summed E-state index contributed by atoms with van der Waals surface area (Å²) in [6.07, 6.45) is 0.469. The fourth-order valence-corrected chi connectivity index (χ4v) is 2.44. The number of hydrogen-bond acceptors (Lipinski definition) is 3. The third kappa shape index (κ3) is 3.73. The molecule has 112 valence electrons. The van der Waals surface area contributed by atoms with E-state index >= 15 is 0 Å². The molecule has 2 aromatic carbocycles. The summed E-state index contributed by atoms with van der Waals surface area (Å²) in [6.45, 7) is 2.49. The van der Waals surface area contributed by atoms with Crippen molar-refractivity contribution < 1.29 is 9.13 Å². The van der Waals surface area contributed by atoms with E-state index in [2.05, 4.69) is 5.43 Å². The lowest BCUT2D eigenvalue weighted by molar-refractivity contribution is 0.331. The number of hydrogen-bond donors (Lipinski definition) is 2. The smallest absolute Gasteiger partial charge is 0.142 e. The van der Waals surface area contributed by atoms with Gasteiger partial charge >= 0.3 is 0 Å². The van der Waals surface area contributed by atoms with Crippen molar-refractivity contribution in [2.24, 2.45) is 5.84 Å². The number of nitrogens with one attached hydrogen (secondary N) is 1. The highest BCUT2D eigenvalue weighted by atomic mass is 35.5. The van der Waals surface area contributed by atoms with Crippen LogP contribution in [0.15, 0.2) is 42.5 Å². The van der Waals surface area contributed by atoms with Crippen molar-refractivity contribution in [2.75, 3.05) is 6.61 Å². The molecule has 0 aliphatic carbocycles. The Balaban J connectivity index is 2.30. The third-order valence-electron chi connectivity index (χ3n) is 3.25. The van der Waals surface area contributed by atoms with E-state index in [1.165, 1.54) is 6.07 Å². The minimum Gasteiger partial charge on any atom is -0.494 e. The Kier molecular flexibility index (Phi) is 5.56. The fourth-order valence-electron chi connectivity index (χ4n) is 2.24. The second-order valence-corrected chi connectivity index (χ2v) is 4.99. The van der Waals surface area contributed by atoms with Crippen molar-refractivity contribution in [3.8, 4) is 5.75 Å². The highest BCUT2D eigenvalue weighted by molar-refractivity contribution is 6.31. The van der Waals surface area contributed by atoms with E-state index in [9.17, 15) is 4.39 Å². The molecule has 5 heteroatoms. The number of halogens is 2. The van der Waals surface area contributed by atoms with Gasteiger partial charge in [-0.15, -0.1) is 0 Å². The molecule has 0 aromatic heterocycles. The van der Waals surface area contributed by atoms with Gasteiger partial charge in [-0.25, -0.2) is 4.39 Å². The highest BCUT2D eigenvalue weighted by Gasteiger charge is 2.17. The van der Waals surface area contributed by atoms with Crippen LogP contribution in [0.25, 0.3) is 0 Å². The molecule has 0 radical (unpaired) electrons. The van der Waals surface area contributed by atoms with Crippen LogP contribution in [0.1, 0.15) is 24.1 Å². The quantitative estimate of drug-likeness (QED) is 0.633. The Labute approximate surface area is 128 Å². The second-order valence-electron chi connectivity index (χ2n) is 4.61. The van der Waals surface area contributed by atoms with Crippen LogP contribution in [-0.4, -0.2) is 6.61 Å². The van der Waals surface area contributed by atoms with E-state index in [1.807, 2.05) is 31.2 Å². The van der Waals surface area contributed by atoms with Gasteiger partial charge in [0.25, 0.3) is 0 Å². The van der Waals surface area contributed by atoms with Crippen LogP contribution in [0.2, 0.25) is 5.02 Å². The van der Waals surface area contributed by atoms with Gasteiger partial charge in [0.2, 0.25) is 0 Å². The number of nitrogens with two attached hydrogens (primary N) is 1. The molecular weight excluding hydrogens is 291 g/mol. The van der Waals surface area contributed by atoms with Gasteiger partial charge in [0.15, 0.2) is 0 Å². The lowest BCUT2D eigenvalue weighted by Crippen LogP contribution is -2.30. The van der Waals surface area contributed by atoms with Gasteiger partial charge in [0, 0.05) is 5.56 Å². The maximum atomic E-state index is 13.5. The molecule has 0 aliphatic heterocycles. The molecule has 21 heavy (non-hydrogen) atoms. The van der Waals surface area contributed by atoms with Gasteiger partial charge in [-0.05, 0) is 31.0 Å². The molecule has 0 spiro atoms. The first kappa shape index (κ1) is 15.8. The van der Waals surface area contributed by atoms with Crippen LogP contribution in [0.5, 0.6) is 5.75 Å². The lowest BCUT2D eigenvalue weighted by atomic mass is 9.98. The van der Waals surface area contributed by atoms with E-state index in [1.54, 1.807) is 12.1 Å². The minimum atomic E-state index is -0.428. The number of rotatable bonds is 6. The summed E-state index contributed by atoms with van der Waals surface area (Å²) in [7, 11) is 0. The van der Waals surface area contributed by atoms with Crippen LogP contribution >= 0.6 is 11.6 Å².